The molecule has 0 aliphatic carbocycles. The van der Waals surface area contributed by atoms with Gasteiger partial charge in [0.1, 0.15) is 5.82 Å². The predicted octanol–water partition coefficient (Wildman–Crippen LogP) is 4.77. The molecule has 2 aromatic carbocycles. The summed E-state index contributed by atoms with van der Waals surface area (Å²) < 4.78 is 26.2. The van der Waals surface area contributed by atoms with Crippen molar-refractivity contribution in [3.05, 3.63) is 65.5 Å². The van der Waals surface area contributed by atoms with Gasteiger partial charge in [-0.2, -0.15) is 0 Å². The summed E-state index contributed by atoms with van der Waals surface area (Å²) in [5.74, 6) is 0.0901. The van der Waals surface area contributed by atoms with Gasteiger partial charge in [0.2, 0.25) is 0 Å². The third kappa shape index (κ3) is 3.35. The highest BCUT2D eigenvalue weighted by Crippen LogP contribution is 2.27. The molecule has 0 saturated carbocycles. The highest BCUT2D eigenvalue weighted by atomic mass is 19.3. The first-order valence-corrected chi connectivity index (χ1v) is 7.92. The van der Waals surface area contributed by atoms with Gasteiger partial charge in [-0.1, -0.05) is 43.3 Å². The van der Waals surface area contributed by atoms with Gasteiger partial charge in [0.05, 0.1) is 5.52 Å². The van der Waals surface area contributed by atoms with Crippen LogP contribution in [0.4, 0.5) is 14.6 Å². The number of halogens is 2. The van der Waals surface area contributed by atoms with E-state index in [0.717, 1.165) is 17.4 Å². The molecular formula is C19H19F2N3. The van der Waals surface area contributed by atoms with E-state index in [9.17, 15) is 8.78 Å². The number of anilines is 1. The van der Waals surface area contributed by atoms with Gasteiger partial charge in [0.25, 0.3) is 6.43 Å². The van der Waals surface area contributed by atoms with Gasteiger partial charge < -0.3 is 4.90 Å². The van der Waals surface area contributed by atoms with Gasteiger partial charge in [-0.3, -0.25) is 0 Å². The van der Waals surface area contributed by atoms with Crippen LogP contribution in [0.15, 0.2) is 48.5 Å². The maximum atomic E-state index is 13.1. The van der Waals surface area contributed by atoms with Crippen molar-refractivity contribution in [3.63, 3.8) is 0 Å². The zero-order chi connectivity index (χ0) is 17.1. The number of benzene rings is 2. The summed E-state index contributed by atoms with van der Waals surface area (Å²) in [5.41, 5.74) is 2.91. The van der Waals surface area contributed by atoms with Gasteiger partial charge in [-0.15, -0.1) is 0 Å². The third-order valence-corrected chi connectivity index (χ3v) is 4.01. The van der Waals surface area contributed by atoms with Crippen LogP contribution in [0.1, 0.15) is 30.3 Å². The molecule has 1 heterocycles. The average molecular weight is 327 g/mol. The second kappa shape index (κ2) is 6.91. The standard InChI is InChI=1S/C19H19F2N3/c1-3-13-8-10-14(11-9-13)12-24(2)19-15-6-4-5-7-16(15)22-18(23-19)17(20)21/h4-11,17H,3,12H2,1-2H3. The molecule has 1 aromatic heterocycles. The van der Waals surface area contributed by atoms with Crippen LogP contribution in [0, 0.1) is 0 Å². The quantitative estimate of drug-likeness (QED) is 0.676. The van der Waals surface area contributed by atoms with E-state index in [2.05, 4.69) is 41.2 Å². The molecule has 0 atom stereocenters. The Morgan fingerprint density at radius 2 is 1.62 bits per heavy atom. The number of aryl methyl sites for hydroxylation is 1. The maximum absolute atomic E-state index is 13.1. The Hall–Kier alpha value is -2.56. The average Bonchev–Trinajstić information content (AvgIpc) is 2.61. The van der Waals surface area contributed by atoms with E-state index >= 15 is 0 Å². The van der Waals surface area contributed by atoms with Crippen molar-refractivity contribution in [2.24, 2.45) is 0 Å². The summed E-state index contributed by atoms with van der Waals surface area (Å²) >= 11 is 0. The largest absolute Gasteiger partial charge is 0.355 e. The smallest absolute Gasteiger partial charge is 0.297 e. The zero-order valence-electron chi connectivity index (χ0n) is 13.7. The molecule has 3 nitrogen and oxygen atoms in total. The minimum atomic E-state index is -2.69. The van der Waals surface area contributed by atoms with E-state index in [4.69, 9.17) is 0 Å². The minimum Gasteiger partial charge on any atom is -0.355 e. The Morgan fingerprint density at radius 1 is 0.958 bits per heavy atom. The lowest BCUT2D eigenvalue weighted by Crippen LogP contribution is -2.19. The molecule has 0 unspecified atom stereocenters. The fraction of sp³-hybridized carbons (Fsp3) is 0.263. The number of hydrogen-bond acceptors (Lipinski definition) is 3. The molecule has 0 radical (unpaired) electrons. The summed E-state index contributed by atoms with van der Waals surface area (Å²) in [6.07, 6.45) is -1.70. The summed E-state index contributed by atoms with van der Waals surface area (Å²) in [7, 11) is 1.86. The van der Waals surface area contributed by atoms with E-state index in [1.807, 2.05) is 24.1 Å². The van der Waals surface area contributed by atoms with Crippen LogP contribution in [0.3, 0.4) is 0 Å². The molecule has 0 aliphatic heterocycles. The highest BCUT2D eigenvalue weighted by molar-refractivity contribution is 5.89. The van der Waals surface area contributed by atoms with Crippen molar-refractivity contribution in [2.45, 2.75) is 26.3 Å². The number of rotatable bonds is 5. The normalized spacial score (nSPS) is 11.2. The SMILES string of the molecule is CCc1ccc(CN(C)c2nc(C(F)F)nc3ccccc23)cc1. The second-order valence-electron chi connectivity index (χ2n) is 5.75. The Labute approximate surface area is 140 Å². The van der Waals surface area contributed by atoms with E-state index < -0.39 is 12.2 Å². The summed E-state index contributed by atoms with van der Waals surface area (Å²) in [4.78, 5) is 9.94. The van der Waals surface area contributed by atoms with Crippen molar-refractivity contribution in [1.82, 2.24) is 9.97 Å². The van der Waals surface area contributed by atoms with Crippen molar-refractivity contribution < 1.29 is 8.78 Å². The van der Waals surface area contributed by atoms with Crippen molar-refractivity contribution in [2.75, 3.05) is 11.9 Å². The van der Waals surface area contributed by atoms with E-state index in [-0.39, 0.29) is 0 Å². The molecule has 0 N–H and O–H groups in total. The summed E-state index contributed by atoms with van der Waals surface area (Å²) in [6.45, 7) is 2.70. The van der Waals surface area contributed by atoms with Crippen LogP contribution < -0.4 is 4.90 Å². The van der Waals surface area contributed by atoms with Gasteiger partial charge in [0.15, 0.2) is 5.82 Å². The van der Waals surface area contributed by atoms with Gasteiger partial charge in [-0.25, -0.2) is 18.7 Å². The first-order valence-electron chi connectivity index (χ1n) is 7.92. The van der Waals surface area contributed by atoms with E-state index in [1.165, 1.54) is 5.56 Å². The highest BCUT2D eigenvalue weighted by Gasteiger charge is 2.17. The van der Waals surface area contributed by atoms with Crippen molar-refractivity contribution >= 4 is 16.7 Å². The number of alkyl halides is 2. The van der Waals surface area contributed by atoms with Crippen LogP contribution in [-0.2, 0) is 13.0 Å². The van der Waals surface area contributed by atoms with Crippen molar-refractivity contribution in [3.8, 4) is 0 Å². The molecule has 3 aromatic rings. The molecule has 24 heavy (non-hydrogen) atoms. The van der Waals surface area contributed by atoms with Crippen molar-refractivity contribution in [1.29, 1.82) is 0 Å². The van der Waals surface area contributed by atoms with Gasteiger partial charge >= 0.3 is 0 Å². The lowest BCUT2D eigenvalue weighted by molar-refractivity contribution is 0.141. The Balaban J connectivity index is 1.96. The molecule has 0 amide bonds. The number of fused-ring (bicyclic) bond motifs is 1. The molecule has 124 valence electrons. The minimum absolute atomic E-state index is 0.433. The zero-order valence-corrected chi connectivity index (χ0v) is 13.7. The Morgan fingerprint density at radius 3 is 2.29 bits per heavy atom. The summed E-state index contributed by atoms with van der Waals surface area (Å²) in [5, 5.41) is 0.773. The fourth-order valence-electron chi connectivity index (χ4n) is 2.70. The first kappa shape index (κ1) is 16.3. The van der Waals surface area contributed by atoms with Crippen LogP contribution in [-0.4, -0.2) is 17.0 Å². The fourth-order valence-corrected chi connectivity index (χ4v) is 2.70. The van der Waals surface area contributed by atoms with Crippen LogP contribution >= 0.6 is 0 Å². The lowest BCUT2D eigenvalue weighted by atomic mass is 10.1. The number of hydrogen-bond donors (Lipinski definition) is 0. The second-order valence-corrected chi connectivity index (χ2v) is 5.75. The topological polar surface area (TPSA) is 29.0 Å². The number of para-hydroxylation sites is 1. The lowest BCUT2D eigenvalue weighted by Gasteiger charge is -2.21. The maximum Gasteiger partial charge on any atom is 0.297 e. The molecule has 0 bridgehead atoms. The summed E-state index contributed by atoms with van der Waals surface area (Å²) in [6, 6.07) is 15.5. The molecule has 0 aliphatic rings. The number of aromatic nitrogens is 2. The van der Waals surface area contributed by atoms with Gasteiger partial charge in [0, 0.05) is 19.0 Å². The van der Waals surface area contributed by atoms with E-state index in [1.54, 1.807) is 12.1 Å². The molecular weight excluding hydrogens is 308 g/mol. The molecule has 0 spiro atoms. The van der Waals surface area contributed by atoms with Crippen LogP contribution in [0.2, 0.25) is 0 Å². The van der Waals surface area contributed by atoms with Crippen LogP contribution in [0.25, 0.3) is 10.9 Å². The third-order valence-electron chi connectivity index (χ3n) is 4.01. The molecule has 0 saturated heterocycles. The Kier molecular flexibility index (Phi) is 4.69. The predicted molar refractivity (Wildman–Crippen MR) is 92.4 cm³/mol. The van der Waals surface area contributed by atoms with Crippen LogP contribution in [0.5, 0.6) is 0 Å². The Bertz CT molecular complexity index is 832. The first-order chi connectivity index (χ1) is 11.6. The monoisotopic (exact) mass is 327 g/mol. The number of nitrogens with zero attached hydrogens (tertiary/aromatic N) is 3. The molecule has 5 heteroatoms. The molecule has 0 fully saturated rings. The van der Waals surface area contributed by atoms with E-state index in [0.29, 0.717) is 17.9 Å². The van der Waals surface area contributed by atoms with Gasteiger partial charge in [-0.05, 0) is 29.7 Å². The molecule has 3 rings (SSSR count).